The molecular weight excluding hydrogens is 138 g/mol. The van der Waals surface area contributed by atoms with Gasteiger partial charge < -0.3 is 5.73 Å². The van der Waals surface area contributed by atoms with Gasteiger partial charge in [0.25, 0.3) is 0 Å². The fourth-order valence-corrected chi connectivity index (χ4v) is 0.933. The van der Waals surface area contributed by atoms with Gasteiger partial charge in [0.05, 0.1) is 24.4 Å². The summed E-state index contributed by atoms with van der Waals surface area (Å²) in [5.74, 6) is 0. The second-order valence-corrected chi connectivity index (χ2v) is 2.36. The Balaban J connectivity index is 3.12. The monoisotopic (exact) mass is 147 g/mol. The van der Waals surface area contributed by atoms with E-state index in [2.05, 4.69) is 11.1 Å². The molecule has 2 N–H and O–H groups in total. The predicted octanol–water partition coefficient (Wildman–Crippen LogP) is 1.04. The van der Waals surface area contributed by atoms with Gasteiger partial charge in [0.2, 0.25) is 0 Å². The maximum absolute atomic E-state index is 8.44. The topological polar surface area (TPSA) is 62.7 Å². The lowest BCUT2D eigenvalue weighted by Gasteiger charge is -2.02. The summed E-state index contributed by atoms with van der Waals surface area (Å²) in [7, 11) is 0. The zero-order valence-corrected chi connectivity index (χ0v) is 6.33. The molecule has 1 aromatic rings. The van der Waals surface area contributed by atoms with Crippen LogP contribution < -0.4 is 5.73 Å². The van der Waals surface area contributed by atoms with Gasteiger partial charge in [-0.05, 0) is 18.1 Å². The van der Waals surface area contributed by atoms with E-state index in [9.17, 15) is 0 Å². The maximum atomic E-state index is 8.44. The first kappa shape index (κ1) is 7.55. The minimum Gasteiger partial charge on any atom is -0.397 e. The van der Waals surface area contributed by atoms with Crippen LogP contribution in [0.25, 0.3) is 0 Å². The van der Waals surface area contributed by atoms with Crippen LogP contribution in [0.4, 0.5) is 5.69 Å². The van der Waals surface area contributed by atoms with Gasteiger partial charge in [-0.2, -0.15) is 5.26 Å². The van der Waals surface area contributed by atoms with E-state index in [1.165, 1.54) is 0 Å². The van der Waals surface area contributed by atoms with E-state index >= 15 is 0 Å². The number of aryl methyl sites for hydroxylation is 1. The molecule has 1 heterocycles. The fraction of sp³-hybridized carbons (Fsp3) is 0.250. The molecule has 56 valence electrons. The molecule has 0 bridgehead atoms. The van der Waals surface area contributed by atoms with Crippen molar-refractivity contribution in [1.29, 1.82) is 5.26 Å². The normalized spacial score (nSPS) is 9.09. The Hall–Kier alpha value is -1.56. The largest absolute Gasteiger partial charge is 0.397 e. The van der Waals surface area contributed by atoms with Gasteiger partial charge in [-0.3, -0.25) is 4.98 Å². The molecule has 3 heteroatoms. The molecule has 0 radical (unpaired) electrons. The van der Waals surface area contributed by atoms with Crippen LogP contribution in [0.2, 0.25) is 0 Å². The van der Waals surface area contributed by atoms with Crippen molar-refractivity contribution in [3.63, 3.8) is 0 Å². The molecule has 1 rings (SSSR count). The first-order valence-electron chi connectivity index (χ1n) is 3.31. The molecule has 0 aromatic carbocycles. The molecule has 0 saturated carbocycles. The van der Waals surface area contributed by atoms with Crippen molar-refractivity contribution >= 4 is 5.69 Å². The average molecular weight is 147 g/mol. The average Bonchev–Trinajstić information content (AvgIpc) is 1.97. The molecule has 0 atom stereocenters. The molecule has 0 fully saturated rings. The number of hydrogen-bond donors (Lipinski definition) is 1. The summed E-state index contributed by atoms with van der Waals surface area (Å²) in [6.45, 7) is 1.90. The Morgan fingerprint density at radius 3 is 2.91 bits per heavy atom. The Morgan fingerprint density at radius 1 is 1.64 bits per heavy atom. The zero-order valence-electron chi connectivity index (χ0n) is 6.33. The second-order valence-electron chi connectivity index (χ2n) is 2.36. The SMILES string of the molecule is Cc1cncc(N)c1CC#N. The summed E-state index contributed by atoms with van der Waals surface area (Å²) in [6.07, 6.45) is 3.64. The van der Waals surface area contributed by atoms with E-state index in [4.69, 9.17) is 11.0 Å². The van der Waals surface area contributed by atoms with Crippen LogP contribution in [0.15, 0.2) is 12.4 Å². The van der Waals surface area contributed by atoms with Crippen LogP contribution in [0.3, 0.4) is 0 Å². The quantitative estimate of drug-likeness (QED) is 0.645. The standard InChI is InChI=1S/C8H9N3/c1-6-4-11-5-8(10)7(6)2-3-9/h4-5H,2,10H2,1H3. The molecule has 0 unspecified atom stereocenters. The Labute approximate surface area is 65.5 Å². The number of aromatic nitrogens is 1. The number of pyridine rings is 1. The Bertz CT molecular complexity index is 278. The first-order valence-corrected chi connectivity index (χ1v) is 3.31. The number of rotatable bonds is 1. The van der Waals surface area contributed by atoms with Crippen LogP contribution in [0, 0.1) is 18.3 Å². The number of nitrogens with two attached hydrogens (primary N) is 1. The number of hydrogen-bond acceptors (Lipinski definition) is 3. The second kappa shape index (κ2) is 3.02. The molecule has 0 aliphatic carbocycles. The smallest absolute Gasteiger partial charge is 0.0670 e. The minimum atomic E-state index is 0.361. The highest BCUT2D eigenvalue weighted by atomic mass is 14.7. The third-order valence-electron chi connectivity index (χ3n) is 1.56. The van der Waals surface area contributed by atoms with Gasteiger partial charge in [0, 0.05) is 6.20 Å². The van der Waals surface area contributed by atoms with E-state index < -0.39 is 0 Å². The first-order chi connectivity index (χ1) is 5.25. The van der Waals surface area contributed by atoms with E-state index in [0.717, 1.165) is 11.1 Å². The number of anilines is 1. The molecule has 0 saturated heterocycles. The molecule has 0 aliphatic rings. The summed E-state index contributed by atoms with van der Waals surface area (Å²) in [4.78, 5) is 3.89. The summed E-state index contributed by atoms with van der Waals surface area (Å²) < 4.78 is 0. The third kappa shape index (κ3) is 1.47. The van der Waals surface area contributed by atoms with Crippen molar-refractivity contribution in [1.82, 2.24) is 4.98 Å². The number of nitriles is 1. The lowest BCUT2D eigenvalue weighted by molar-refractivity contribution is 1.16. The molecule has 0 aliphatic heterocycles. The summed E-state index contributed by atoms with van der Waals surface area (Å²) in [5, 5.41) is 8.44. The van der Waals surface area contributed by atoms with Gasteiger partial charge in [0.15, 0.2) is 0 Å². The lowest BCUT2D eigenvalue weighted by atomic mass is 10.1. The van der Waals surface area contributed by atoms with Crippen LogP contribution in [0.1, 0.15) is 11.1 Å². The molecular formula is C8H9N3. The van der Waals surface area contributed by atoms with Crippen molar-refractivity contribution in [2.75, 3.05) is 5.73 Å². The summed E-state index contributed by atoms with van der Waals surface area (Å²) in [5.41, 5.74) is 8.07. The van der Waals surface area contributed by atoms with Crippen LogP contribution in [0.5, 0.6) is 0 Å². The highest BCUT2D eigenvalue weighted by Crippen LogP contribution is 2.13. The molecule has 11 heavy (non-hydrogen) atoms. The van der Waals surface area contributed by atoms with Gasteiger partial charge >= 0.3 is 0 Å². The number of nitrogens with zero attached hydrogens (tertiary/aromatic N) is 2. The molecule has 0 spiro atoms. The molecule has 0 amide bonds. The van der Waals surface area contributed by atoms with Crippen molar-refractivity contribution < 1.29 is 0 Å². The molecule has 3 nitrogen and oxygen atoms in total. The highest BCUT2D eigenvalue weighted by molar-refractivity contribution is 5.49. The fourth-order valence-electron chi connectivity index (χ4n) is 0.933. The maximum Gasteiger partial charge on any atom is 0.0670 e. The van der Waals surface area contributed by atoms with Crippen LogP contribution in [-0.4, -0.2) is 4.98 Å². The van der Waals surface area contributed by atoms with E-state index in [1.807, 2.05) is 6.92 Å². The van der Waals surface area contributed by atoms with Gasteiger partial charge in [-0.25, -0.2) is 0 Å². The van der Waals surface area contributed by atoms with Gasteiger partial charge in [-0.1, -0.05) is 0 Å². The van der Waals surface area contributed by atoms with E-state index in [0.29, 0.717) is 12.1 Å². The third-order valence-corrected chi connectivity index (χ3v) is 1.56. The lowest BCUT2D eigenvalue weighted by Crippen LogP contribution is -1.97. The van der Waals surface area contributed by atoms with Crippen molar-refractivity contribution in [2.45, 2.75) is 13.3 Å². The summed E-state index contributed by atoms with van der Waals surface area (Å²) in [6, 6.07) is 2.06. The Kier molecular flexibility index (Phi) is 2.07. The van der Waals surface area contributed by atoms with Gasteiger partial charge in [-0.15, -0.1) is 0 Å². The highest BCUT2D eigenvalue weighted by Gasteiger charge is 2.00. The van der Waals surface area contributed by atoms with Crippen molar-refractivity contribution in [3.8, 4) is 6.07 Å². The zero-order chi connectivity index (χ0) is 8.27. The van der Waals surface area contributed by atoms with Crippen molar-refractivity contribution in [3.05, 3.63) is 23.5 Å². The number of nitrogen functional groups attached to an aromatic ring is 1. The summed E-state index contributed by atoms with van der Waals surface area (Å²) >= 11 is 0. The van der Waals surface area contributed by atoms with Gasteiger partial charge in [0.1, 0.15) is 0 Å². The predicted molar refractivity (Wildman–Crippen MR) is 42.7 cm³/mol. The van der Waals surface area contributed by atoms with Crippen LogP contribution in [-0.2, 0) is 6.42 Å². The minimum absolute atomic E-state index is 0.361. The molecule has 1 aromatic heterocycles. The van der Waals surface area contributed by atoms with Crippen molar-refractivity contribution in [2.24, 2.45) is 0 Å². The Morgan fingerprint density at radius 2 is 2.36 bits per heavy atom. The van der Waals surface area contributed by atoms with E-state index in [-0.39, 0.29) is 0 Å². The van der Waals surface area contributed by atoms with E-state index in [1.54, 1.807) is 12.4 Å². The van der Waals surface area contributed by atoms with Crippen LogP contribution >= 0.6 is 0 Å².